The molecule has 0 aliphatic carbocycles. The van der Waals surface area contributed by atoms with Gasteiger partial charge in [0.2, 0.25) is 0 Å². The van der Waals surface area contributed by atoms with E-state index in [0.29, 0.717) is 6.04 Å². The molecule has 0 bridgehead atoms. The van der Waals surface area contributed by atoms with Crippen LogP contribution in [0.25, 0.3) is 5.69 Å². The molecule has 3 aromatic rings. The van der Waals surface area contributed by atoms with Crippen molar-refractivity contribution < 1.29 is 0 Å². The van der Waals surface area contributed by atoms with Crippen molar-refractivity contribution in [3.63, 3.8) is 0 Å². The number of piperidine rings is 1. The largest absolute Gasteiger partial charge is 0.371 e. The lowest BCUT2D eigenvalue weighted by Gasteiger charge is -2.38. The Balaban J connectivity index is 1.35. The zero-order valence-electron chi connectivity index (χ0n) is 15.5. The maximum absolute atomic E-state index is 4.31. The molecule has 1 aliphatic rings. The van der Waals surface area contributed by atoms with Crippen LogP contribution in [0.1, 0.15) is 24.2 Å². The van der Waals surface area contributed by atoms with E-state index < -0.39 is 0 Å². The van der Waals surface area contributed by atoms with Crippen molar-refractivity contribution in [1.82, 2.24) is 14.5 Å². The molecule has 1 aliphatic heterocycles. The molecule has 0 radical (unpaired) electrons. The number of anilines is 1. The molecule has 4 rings (SSSR count). The third-order valence-electron chi connectivity index (χ3n) is 5.42. The van der Waals surface area contributed by atoms with Crippen molar-refractivity contribution >= 4 is 17.0 Å². The standard InChI is InChI=1S/C21H26N4S/c1-17-22-10-13-25(17)21-5-3-20(4-6-21)24-11-7-19(8-12-24)23(2)15-18-9-14-26-16-18/h3-6,9-10,13-14,16,19H,7-8,11-12,15H2,1-2H3. The molecule has 0 saturated carbocycles. The van der Waals surface area contributed by atoms with Gasteiger partial charge >= 0.3 is 0 Å². The molecule has 4 nitrogen and oxygen atoms in total. The van der Waals surface area contributed by atoms with Gasteiger partial charge in [0.1, 0.15) is 5.82 Å². The number of benzene rings is 1. The molecule has 0 atom stereocenters. The Hall–Kier alpha value is -2.11. The monoisotopic (exact) mass is 366 g/mol. The van der Waals surface area contributed by atoms with Crippen LogP contribution in [0, 0.1) is 6.92 Å². The van der Waals surface area contributed by atoms with Crippen molar-refractivity contribution in [3.05, 3.63) is 64.9 Å². The summed E-state index contributed by atoms with van der Waals surface area (Å²) in [7, 11) is 2.26. The predicted octanol–water partition coefficient (Wildman–Crippen LogP) is 4.34. The van der Waals surface area contributed by atoms with Crippen LogP contribution in [0.3, 0.4) is 0 Å². The predicted molar refractivity (Wildman–Crippen MR) is 109 cm³/mol. The molecule has 2 aromatic heterocycles. The molecule has 136 valence electrons. The average Bonchev–Trinajstić information content (AvgIpc) is 3.34. The number of aromatic nitrogens is 2. The van der Waals surface area contributed by atoms with Crippen molar-refractivity contribution in [2.45, 2.75) is 32.4 Å². The maximum atomic E-state index is 4.31. The first kappa shape index (κ1) is 17.3. The fourth-order valence-corrected chi connectivity index (χ4v) is 4.50. The molecule has 0 amide bonds. The number of imidazole rings is 1. The lowest BCUT2D eigenvalue weighted by molar-refractivity contribution is 0.200. The Kier molecular flexibility index (Phi) is 5.09. The van der Waals surface area contributed by atoms with Crippen molar-refractivity contribution in [2.75, 3.05) is 25.0 Å². The lowest BCUT2D eigenvalue weighted by Crippen LogP contribution is -2.43. The van der Waals surface area contributed by atoms with E-state index in [1.807, 2.05) is 19.3 Å². The van der Waals surface area contributed by atoms with Gasteiger partial charge in [0.05, 0.1) is 0 Å². The minimum absolute atomic E-state index is 0.680. The van der Waals surface area contributed by atoms with Crippen LogP contribution in [0.5, 0.6) is 0 Å². The van der Waals surface area contributed by atoms with Crippen molar-refractivity contribution in [2.24, 2.45) is 0 Å². The maximum Gasteiger partial charge on any atom is 0.110 e. The molecule has 3 heterocycles. The SMILES string of the molecule is Cc1nccn1-c1ccc(N2CCC(N(C)Cc3ccsc3)CC2)cc1. The van der Waals surface area contributed by atoms with E-state index in [4.69, 9.17) is 0 Å². The van der Waals surface area contributed by atoms with Gasteiger partial charge in [-0.05, 0) is 73.5 Å². The van der Waals surface area contributed by atoms with Gasteiger partial charge in [-0.1, -0.05) is 0 Å². The number of rotatable bonds is 5. The molecule has 26 heavy (non-hydrogen) atoms. The molecule has 5 heteroatoms. The average molecular weight is 367 g/mol. The van der Waals surface area contributed by atoms with E-state index in [2.05, 4.69) is 67.5 Å². The molecule has 1 saturated heterocycles. The fraction of sp³-hybridized carbons (Fsp3) is 0.381. The Bertz CT molecular complexity index is 814. The topological polar surface area (TPSA) is 24.3 Å². The Morgan fingerprint density at radius 3 is 2.46 bits per heavy atom. The molecule has 1 aromatic carbocycles. The van der Waals surface area contributed by atoms with E-state index in [1.54, 1.807) is 11.3 Å². The summed E-state index contributed by atoms with van der Waals surface area (Å²) < 4.78 is 2.12. The van der Waals surface area contributed by atoms with E-state index in [1.165, 1.54) is 29.8 Å². The van der Waals surface area contributed by atoms with Crippen LogP contribution in [0.15, 0.2) is 53.5 Å². The van der Waals surface area contributed by atoms with Crippen LogP contribution < -0.4 is 4.90 Å². The zero-order valence-corrected chi connectivity index (χ0v) is 16.3. The first-order chi connectivity index (χ1) is 12.7. The van der Waals surface area contributed by atoms with E-state index in [0.717, 1.165) is 25.5 Å². The highest BCUT2D eigenvalue weighted by Crippen LogP contribution is 2.24. The third kappa shape index (κ3) is 3.69. The summed E-state index contributed by atoms with van der Waals surface area (Å²) in [6.07, 6.45) is 6.31. The number of hydrogen-bond acceptors (Lipinski definition) is 4. The van der Waals surface area contributed by atoms with E-state index in [9.17, 15) is 0 Å². The number of thiophene rings is 1. The summed E-state index contributed by atoms with van der Waals surface area (Å²) in [5.41, 5.74) is 3.94. The summed E-state index contributed by atoms with van der Waals surface area (Å²) in [5.74, 6) is 1.02. The molecular weight excluding hydrogens is 340 g/mol. The van der Waals surface area contributed by atoms with Crippen molar-refractivity contribution in [3.8, 4) is 5.69 Å². The van der Waals surface area contributed by atoms with Gasteiger partial charge in [0, 0.05) is 49.4 Å². The summed E-state index contributed by atoms with van der Waals surface area (Å²) in [4.78, 5) is 9.34. The quantitative estimate of drug-likeness (QED) is 0.671. The van der Waals surface area contributed by atoms with E-state index >= 15 is 0 Å². The van der Waals surface area contributed by atoms with Crippen molar-refractivity contribution in [1.29, 1.82) is 0 Å². The summed E-state index contributed by atoms with van der Waals surface area (Å²) in [6.45, 7) is 5.35. The Morgan fingerprint density at radius 1 is 1.12 bits per heavy atom. The molecule has 0 spiro atoms. The second-order valence-electron chi connectivity index (χ2n) is 7.13. The van der Waals surface area contributed by atoms with Gasteiger partial charge in [-0.25, -0.2) is 4.98 Å². The smallest absolute Gasteiger partial charge is 0.110 e. The van der Waals surface area contributed by atoms with Gasteiger partial charge in [-0.15, -0.1) is 0 Å². The molecule has 0 N–H and O–H groups in total. The second kappa shape index (κ2) is 7.64. The number of nitrogens with zero attached hydrogens (tertiary/aromatic N) is 4. The number of hydrogen-bond donors (Lipinski definition) is 0. The summed E-state index contributed by atoms with van der Waals surface area (Å²) in [6, 6.07) is 11.8. The first-order valence-corrected chi connectivity index (χ1v) is 10.2. The van der Waals surface area contributed by atoms with Gasteiger partial charge in [0.15, 0.2) is 0 Å². The normalized spacial score (nSPS) is 15.7. The minimum atomic E-state index is 0.680. The Morgan fingerprint density at radius 2 is 1.85 bits per heavy atom. The van der Waals surface area contributed by atoms with Crippen LogP contribution in [-0.2, 0) is 6.54 Å². The van der Waals surface area contributed by atoms with Crippen LogP contribution in [0.2, 0.25) is 0 Å². The van der Waals surface area contributed by atoms with Gasteiger partial charge in [0.25, 0.3) is 0 Å². The lowest BCUT2D eigenvalue weighted by atomic mass is 10.0. The summed E-state index contributed by atoms with van der Waals surface area (Å²) >= 11 is 1.79. The van der Waals surface area contributed by atoms with Crippen LogP contribution in [-0.4, -0.2) is 40.6 Å². The fourth-order valence-electron chi connectivity index (χ4n) is 3.84. The second-order valence-corrected chi connectivity index (χ2v) is 7.91. The first-order valence-electron chi connectivity index (χ1n) is 9.27. The number of aryl methyl sites for hydroxylation is 1. The highest BCUT2D eigenvalue weighted by Gasteiger charge is 2.22. The summed E-state index contributed by atoms with van der Waals surface area (Å²) in [5, 5.41) is 4.43. The van der Waals surface area contributed by atoms with Gasteiger partial charge in [-0.2, -0.15) is 11.3 Å². The van der Waals surface area contributed by atoms with Gasteiger partial charge < -0.3 is 9.47 Å². The van der Waals surface area contributed by atoms with E-state index in [-0.39, 0.29) is 0 Å². The zero-order chi connectivity index (χ0) is 17.9. The van der Waals surface area contributed by atoms with Crippen LogP contribution in [0.4, 0.5) is 5.69 Å². The highest BCUT2D eigenvalue weighted by atomic mass is 32.1. The third-order valence-corrected chi connectivity index (χ3v) is 6.15. The molecule has 1 fully saturated rings. The Labute approximate surface area is 159 Å². The van der Waals surface area contributed by atoms with Gasteiger partial charge in [-0.3, -0.25) is 4.90 Å². The minimum Gasteiger partial charge on any atom is -0.371 e. The molecule has 0 unspecified atom stereocenters. The molecular formula is C21H26N4S. The van der Waals surface area contributed by atoms with Crippen LogP contribution >= 0.6 is 11.3 Å². The highest BCUT2D eigenvalue weighted by molar-refractivity contribution is 7.07.